The Bertz CT molecular complexity index is 854. The molecule has 5 heteroatoms. The van der Waals surface area contributed by atoms with E-state index < -0.39 is 11.4 Å². The molecule has 1 aliphatic rings. The van der Waals surface area contributed by atoms with Crippen LogP contribution in [0, 0.1) is 5.82 Å². The Morgan fingerprint density at radius 3 is 2.52 bits per heavy atom. The van der Waals surface area contributed by atoms with Crippen molar-refractivity contribution in [2.24, 2.45) is 0 Å². The molecule has 0 saturated heterocycles. The van der Waals surface area contributed by atoms with Gasteiger partial charge in [0.1, 0.15) is 5.82 Å². The maximum atomic E-state index is 13.6. The molecule has 0 atom stereocenters. The van der Waals surface area contributed by atoms with Crippen LogP contribution < -0.4 is 5.32 Å². The SMILES string of the molecule is CCOC(=O)C=Cc1ccc(NC(=O)C2(c3cccc(F)c3)CCC2)cc1. The number of rotatable bonds is 6. The molecule has 0 bridgehead atoms. The third kappa shape index (κ3) is 4.25. The summed E-state index contributed by atoms with van der Waals surface area (Å²) in [6.07, 6.45) is 5.39. The van der Waals surface area contributed by atoms with E-state index in [4.69, 9.17) is 4.74 Å². The van der Waals surface area contributed by atoms with Gasteiger partial charge >= 0.3 is 5.97 Å². The molecule has 0 aromatic heterocycles. The lowest BCUT2D eigenvalue weighted by Gasteiger charge is -2.40. The van der Waals surface area contributed by atoms with Gasteiger partial charge in [0.25, 0.3) is 0 Å². The lowest BCUT2D eigenvalue weighted by Crippen LogP contribution is -2.46. The molecule has 2 aromatic carbocycles. The van der Waals surface area contributed by atoms with Crippen LogP contribution in [0.5, 0.6) is 0 Å². The van der Waals surface area contributed by atoms with Crippen molar-refractivity contribution in [3.05, 3.63) is 71.6 Å². The monoisotopic (exact) mass is 367 g/mol. The van der Waals surface area contributed by atoms with E-state index in [0.717, 1.165) is 17.5 Å². The zero-order chi connectivity index (χ0) is 19.3. The molecule has 3 rings (SSSR count). The molecule has 1 aliphatic carbocycles. The molecular weight excluding hydrogens is 345 g/mol. The Kier molecular flexibility index (Phi) is 5.69. The second kappa shape index (κ2) is 8.16. The van der Waals surface area contributed by atoms with Gasteiger partial charge in [0.2, 0.25) is 5.91 Å². The number of amides is 1. The summed E-state index contributed by atoms with van der Waals surface area (Å²) in [5.41, 5.74) is 1.55. The van der Waals surface area contributed by atoms with Crippen LogP contribution in [0.3, 0.4) is 0 Å². The Hall–Kier alpha value is -2.95. The molecule has 0 heterocycles. The Labute approximate surface area is 158 Å². The molecule has 2 aromatic rings. The fourth-order valence-corrected chi connectivity index (χ4v) is 3.25. The van der Waals surface area contributed by atoms with E-state index in [-0.39, 0.29) is 11.7 Å². The topological polar surface area (TPSA) is 55.4 Å². The van der Waals surface area contributed by atoms with Crippen molar-refractivity contribution in [2.75, 3.05) is 11.9 Å². The normalized spacial score (nSPS) is 15.2. The van der Waals surface area contributed by atoms with E-state index >= 15 is 0 Å². The van der Waals surface area contributed by atoms with Crippen molar-refractivity contribution in [1.82, 2.24) is 0 Å². The summed E-state index contributed by atoms with van der Waals surface area (Å²) in [4.78, 5) is 24.2. The lowest BCUT2D eigenvalue weighted by atomic mass is 9.63. The van der Waals surface area contributed by atoms with E-state index in [1.807, 2.05) is 6.07 Å². The van der Waals surface area contributed by atoms with Gasteiger partial charge in [-0.3, -0.25) is 4.79 Å². The van der Waals surface area contributed by atoms with Gasteiger partial charge in [-0.2, -0.15) is 0 Å². The maximum Gasteiger partial charge on any atom is 0.330 e. The zero-order valence-corrected chi connectivity index (χ0v) is 15.2. The van der Waals surface area contributed by atoms with Gasteiger partial charge in [0.15, 0.2) is 0 Å². The molecule has 140 valence electrons. The van der Waals surface area contributed by atoms with E-state index in [2.05, 4.69) is 5.32 Å². The number of esters is 1. The van der Waals surface area contributed by atoms with Crippen LogP contribution in [0.15, 0.2) is 54.6 Å². The van der Waals surface area contributed by atoms with Crippen molar-refractivity contribution in [3.8, 4) is 0 Å². The average Bonchev–Trinajstić information content (AvgIpc) is 2.60. The lowest BCUT2D eigenvalue weighted by molar-refractivity contribution is -0.137. The maximum absolute atomic E-state index is 13.6. The molecular formula is C22H22FNO3. The summed E-state index contributed by atoms with van der Waals surface area (Å²) in [5, 5.41) is 2.94. The Morgan fingerprint density at radius 1 is 1.19 bits per heavy atom. The second-order valence-electron chi connectivity index (χ2n) is 6.61. The van der Waals surface area contributed by atoms with Gasteiger partial charge in [-0.25, -0.2) is 9.18 Å². The number of carbonyl (C=O) groups is 2. The highest BCUT2D eigenvalue weighted by molar-refractivity contribution is 6.00. The number of anilines is 1. The van der Waals surface area contributed by atoms with E-state index in [9.17, 15) is 14.0 Å². The summed E-state index contributed by atoms with van der Waals surface area (Å²) >= 11 is 0. The minimum Gasteiger partial charge on any atom is -0.463 e. The van der Waals surface area contributed by atoms with E-state index in [0.29, 0.717) is 25.1 Å². The summed E-state index contributed by atoms with van der Waals surface area (Å²) in [6, 6.07) is 13.5. The number of benzene rings is 2. The summed E-state index contributed by atoms with van der Waals surface area (Å²) < 4.78 is 18.4. The van der Waals surface area contributed by atoms with Gasteiger partial charge in [-0.15, -0.1) is 0 Å². The van der Waals surface area contributed by atoms with Gasteiger partial charge in [-0.1, -0.05) is 30.7 Å². The van der Waals surface area contributed by atoms with Crippen molar-refractivity contribution in [1.29, 1.82) is 0 Å². The zero-order valence-electron chi connectivity index (χ0n) is 15.2. The number of hydrogen-bond acceptors (Lipinski definition) is 3. The largest absolute Gasteiger partial charge is 0.463 e. The minimum atomic E-state index is -0.662. The number of hydrogen-bond donors (Lipinski definition) is 1. The molecule has 4 nitrogen and oxygen atoms in total. The summed E-state index contributed by atoms with van der Waals surface area (Å²) in [7, 11) is 0. The molecule has 1 fully saturated rings. The second-order valence-corrected chi connectivity index (χ2v) is 6.61. The molecule has 0 radical (unpaired) electrons. The van der Waals surface area contributed by atoms with Crippen LogP contribution in [0.4, 0.5) is 10.1 Å². The van der Waals surface area contributed by atoms with Crippen LogP contribution >= 0.6 is 0 Å². The van der Waals surface area contributed by atoms with E-state index in [1.165, 1.54) is 18.2 Å². The molecule has 1 N–H and O–H groups in total. The van der Waals surface area contributed by atoms with Gasteiger partial charge in [0, 0.05) is 11.8 Å². The highest BCUT2D eigenvalue weighted by Gasteiger charge is 2.45. The number of nitrogens with one attached hydrogen (secondary N) is 1. The van der Waals surface area contributed by atoms with Gasteiger partial charge in [0.05, 0.1) is 12.0 Å². The minimum absolute atomic E-state index is 0.117. The van der Waals surface area contributed by atoms with Crippen molar-refractivity contribution in [2.45, 2.75) is 31.6 Å². The quantitative estimate of drug-likeness (QED) is 0.606. The van der Waals surface area contributed by atoms with Crippen molar-refractivity contribution < 1.29 is 18.7 Å². The van der Waals surface area contributed by atoms with Crippen LogP contribution in [0.1, 0.15) is 37.3 Å². The third-order valence-electron chi connectivity index (χ3n) is 4.89. The van der Waals surface area contributed by atoms with Crippen LogP contribution in [-0.2, 0) is 19.7 Å². The first-order valence-electron chi connectivity index (χ1n) is 9.06. The first-order valence-corrected chi connectivity index (χ1v) is 9.06. The van der Waals surface area contributed by atoms with Gasteiger partial charge < -0.3 is 10.1 Å². The van der Waals surface area contributed by atoms with Crippen LogP contribution in [-0.4, -0.2) is 18.5 Å². The van der Waals surface area contributed by atoms with Crippen molar-refractivity contribution >= 4 is 23.6 Å². The van der Waals surface area contributed by atoms with Crippen LogP contribution in [0.25, 0.3) is 6.08 Å². The number of carbonyl (C=O) groups excluding carboxylic acids is 2. The smallest absolute Gasteiger partial charge is 0.330 e. The molecule has 27 heavy (non-hydrogen) atoms. The van der Waals surface area contributed by atoms with Gasteiger partial charge in [-0.05, 0) is 61.2 Å². The molecule has 0 spiro atoms. The molecule has 1 amide bonds. The average molecular weight is 367 g/mol. The first-order chi connectivity index (χ1) is 13.0. The summed E-state index contributed by atoms with van der Waals surface area (Å²) in [6.45, 7) is 2.09. The Balaban J connectivity index is 1.69. The number of ether oxygens (including phenoxy) is 1. The molecule has 1 saturated carbocycles. The Morgan fingerprint density at radius 2 is 1.93 bits per heavy atom. The van der Waals surface area contributed by atoms with Crippen molar-refractivity contribution in [3.63, 3.8) is 0 Å². The standard InChI is InChI=1S/C22H22FNO3/c1-2-27-20(25)12-9-16-7-10-19(11-8-16)24-21(26)22(13-4-14-22)17-5-3-6-18(23)15-17/h3,5-12,15H,2,4,13-14H2,1H3,(H,24,26). The number of halogens is 1. The third-order valence-corrected chi connectivity index (χ3v) is 4.89. The fourth-order valence-electron chi connectivity index (χ4n) is 3.25. The first kappa shape index (κ1) is 18.8. The van der Waals surface area contributed by atoms with E-state index in [1.54, 1.807) is 43.3 Å². The van der Waals surface area contributed by atoms with Crippen LogP contribution in [0.2, 0.25) is 0 Å². The highest BCUT2D eigenvalue weighted by Crippen LogP contribution is 2.44. The summed E-state index contributed by atoms with van der Waals surface area (Å²) in [5.74, 6) is -0.838. The predicted octanol–water partition coefficient (Wildman–Crippen LogP) is 4.46. The predicted molar refractivity (Wildman–Crippen MR) is 103 cm³/mol. The fraction of sp³-hybridized carbons (Fsp3) is 0.273. The molecule has 0 unspecified atom stereocenters. The molecule has 0 aliphatic heterocycles. The highest BCUT2D eigenvalue weighted by atomic mass is 19.1.